The van der Waals surface area contributed by atoms with Crippen molar-refractivity contribution in [3.8, 4) is 6.07 Å². The Morgan fingerprint density at radius 2 is 2.06 bits per heavy atom. The van der Waals surface area contributed by atoms with E-state index in [1.54, 1.807) is 6.92 Å². The fourth-order valence-corrected chi connectivity index (χ4v) is 1.82. The van der Waals surface area contributed by atoms with Crippen LogP contribution in [0.25, 0.3) is 0 Å². The summed E-state index contributed by atoms with van der Waals surface area (Å²) in [6, 6.07) is 6.17. The van der Waals surface area contributed by atoms with Crippen molar-refractivity contribution in [2.24, 2.45) is 0 Å². The fraction of sp³-hybridized carbons (Fsp3) is 0.417. The van der Waals surface area contributed by atoms with Gasteiger partial charge in [-0.05, 0) is 24.6 Å². The molecular formula is C12H12ClF3N2. The average molecular weight is 277 g/mol. The van der Waals surface area contributed by atoms with Gasteiger partial charge in [-0.2, -0.15) is 18.4 Å². The summed E-state index contributed by atoms with van der Waals surface area (Å²) in [6.45, 7) is 0.943. The monoisotopic (exact) mass is 276 g/mol. The molecule has 0 unspecified atom stereocenters. The van der Waals surface area contributed by atoms with Crippen LogP contribution in [0.5, 0.6) is 0 Å². The molecule has 1 aromatic rings. The molecule has 18 heavy (non-hydrogen) atoms. The van der Waals surface area contributed by atoms with Crippen molar-refractivity contribution in [1.29, 1.82) is 5.26 Å². The molecule has 2 nitrogen and oxygen atoms in total. The van der Waals surface area contributed by atoms with Gasteiger partial charge >= 0.3 is 6.18 Å². The lowest BCUT2D eigenvalue weighted by molar-refractivity contribution is -0.119. The normalized spacial score (nSPS) is 11.1. The van der Waals surface area contributed by atoms with Gasteiger partial charge in [0.05, 0.1) is 11.3 Å². The molecule has 0 aliphatic heterocycles. The Kier molecular flexibility index (Phi) is 4.85. The number of benzene rings is 1. The number of halogens is 4. The second-order valence-corrected chi connectivity index (χ2v) is 4.25. The van der Waals surface area contributed by atoms with E-state index >= 15 is 0 Å². The van der Waals surface area contributed by atoms with Gasteiger partial charge in [0.2, 0.25) is 0 Å². The van der Waals surface area contributed by atoms with E-state index in [1.807, 2.05) is 6.07 Å². The molecule has 1 aromatic carbocycles. The summed E-state index contributed by atoms with van der Waals surface area (Å²) in [5.41, 5.74) is 0.418. The number of anilines is 1. The van der Waals surface area contributed by atoms with Gasteiger partial charge < -0.3 is 4.90 Å². The van der Waals surface area contributed by atoms with Crippen LogP contribution in [0.4, 0.5) is 18.9 Å². The number of alkyl halides is 3. The Morgan fingerprint density at radius 1 is 1.39 bits per heavy atom. The molecule has 0 atom stereocenters. The lowest BCUT2D eigenvalue weighted by atomic mass is 10.1. The minimum Gasteiger partial charge on any atom is -0.362 e. The van der Waals surface area contributed by atoms with Gasteiger partial charge in [-0.15, -0.1) is 0 Å². The minimum atomic E-state index is -4.30. The van der Waals surface area contributed by atoms with E-state index in [0.29, 0.717) is 11.4 Å². The first-order chi connectivity index (χ1) is 8.37. The molecule has 98 valence electrons. The number of rotatable bonds is 4. The zero-order chi connectivity index (χ0) is 13.8. The molecule has 1 rings (SSSR count). The molecule has 0 radical (unpaired) electrons. The largest absolute Gasteiger partial charge is 0.405 e. The van der Waals surface area contributed by atoms with Crippen molar-refractivity contribution >= 4 is 17.3 Å². The van der Waals surface area contributed by atoms with Crippen molar-refractivity contribution in [2.45, 2.75) is 19.5 Å². The smallest absolute Gasteiger partial charge is 0.362 e. The Labute approximate surface area is 109 Å². The molecule has 0 aromatic heterocycles. The number of nitriles is 1. The quantitative estimate of drug-likeness (QED) is 0.831. The van der Waals surface area contributed by atoms with E-state index in [0.717, 1.165) is 4.90 Å². The van der Waals surface area contributed by atoms with E-state index < -0.39 is 12.7 Å². The van der Waals surface area contributed by atoms with E-state index in [-0.39, 0.29) is 17.8 Å². The number of hydrogen-bond acceptors (Lipinski definition) is 2. The second-order valence-electron chi connectivity index (χ2n) is 3.81. The molecule has 0 spiro atoms. The molecule has 6 heteroatoms. The summed E-state index contributed by atoms with van der Waals surface area (Å²) >= 11 is 5.72. The molecule has 0 aliphatic carbocycles. The van der Waals surface area contributed by atoms with Gasteiger partial charge in [-0.25, -0.2) is 0 Å². The first kappa shape index (κ1) is 14.7. The average Bonchev–Trinajstić information content (AvgIpc) is 2.26. The van der Waals surface area contributed by atoms with Crippen LogP contribution in [0.1, 0.15) is 18.9 Å². The van der Waals surface area contributed by atoms with Crippen LogP contribution in [0.3, 0.4) is 0 Å². The summed E-state index contributed by atoms with van der Waals surface area (Å²) in [5.74, 6) is 0. The first-order valence-electron chi connectivity index (χ1n) is 5.38. The molecule has 0 heterocycles. The van der Waals surface area contributed by atoms with E-state index in [9.17, 15) is 13.2 Å². The van der Waals surface area contributed by atoms with Crippen molar-refractivity contribution < 1.29 is 13.2 Å². The third kappa shape index (κ3) is 4.11. The topological polar surface area (TPSA) is 27.0 Å². The summed E-state index contributed by atoms with van der Waals surface area (Å²) in [7, 11) is 0. The summed E-state index contributed by atoms with van der Waals surface area (Å²) in [5, 5.41) is 9.27. The predicted molar refractivity (Wildman–Crippen MR) is 64.7 cm³/mol. The maximum atomic E-state index is 12.5. The zero-order valence-electron chi connectivity index (χ0n) is 9.76. The van der Waals surface area contributed by atoms with E-state index in [1.165, 1.54) is 18.2 Å². The highest BCUT2D eigenvalue weighted by Crippen LogP contribution is 2.27. The van der Waals surface area contributed by atoms with E-state index in [4.69, 9.17) is 16.9 Å². The molecule has 0 fully saturated rings. The van der Waals surface area contributed by atoms with Crippen LogP contribution in [0.15, 0.2) is 18.2 Å². The Morgan fingerprint density at radius 3 is 2.56 bits per heavy atom. The Balaban J connectivity index is 3.10. The minimum absolute atomic E-state index is 0.153. The first-order valence-corrected chi connectivity index (χ1v) is 5.76. The maximum Gasteiger partial charge on any atom is 0.405 e. The van der Waals surface area contributed by atoms with Crippen LogP contribution in [-0.4, -0.2) is 19.3 Å². The van der Waals surface area contributed by atoms with Gasteiger partial charge in [-0.1, -0.05) is 18.5 Å². The number of nitrogens with zero attached hydrogens (tertiary/aromatic N) is 2. The van der Waals surface area contributed by atoms with Crippen molar-refractivity contribution in [2.75, 3.05) is 18.0 Å². The summed E-state index contributed by atoms with van der Waals surface area (Å²) < 4.78 is 37.4. The second kappa shape index (κ2) is 5.96. The van der Waals surface area contributed by atoms with Crippen LogP contribution < -0.4 is 4.90 Å². The zero-order valence-corrected chi connectivity index (χ0v) is 10.5. The van der Waals surface area contributed by atoms with Gasteiger partial charge in [0, 0.05) is 11.6 Å². The Hall–Kier alpha value is -1.41. The van der Waals surface area contributed by atoms with Crippen LogP contribution in [0, 0.1) is 11.3 Å². The summed E-state index contributed by atoms with van der Waals surface area (Å²) in [6.07, 6.45) is -3.74. The third-order valence-electron chi connectivity index (χ3n) is 2.28. The molecule has 0 bridgehead atoms. The molecular weight excluding hydrogens is 265 g/mol. The lowest BCUT2D eigenvalue weighted by Gasteiger charge is -2.26. The van der Waals surface area contributed by atoms with Gasteiger partial charge in [0.15, 0.2) is 0 Å². The van der Waals surface area contributed by atoms with Crippen molar-refractivity contribution in [3.05, 3.63) is 28.8 Å². The highest BCUT2D eigenvalue weighted by atomic mass is 35.5. The maximum absolute atomic E-state index is 12.5. The molecule has 0 aliphatic rings. The Bertz CT molecular complexity index is 452. The van der Waals surface area contributed by atoms with Gasteiger partial charge in [0.1, 0.15) is 12.6 Å². The van der Waals surface area contributed by atoms with Gasteiger partial charge in [0.25, 0.3) is 0 Å². The molecule has 0 saturated heterocycles. The molecule has 0 amide bonds. The third-order valence-corrected chi connectivity index (χ3v) is 2.52. The summed E-state index contributed by atoms with van der Waals surface area (Å²) in [4.78, 5) is 1.15. The SMILES string of the molecule is CCCN(CC(F)(F)F)c1ccc(Cl)cc1C#N. The van der Waals surface area contributed by atoms with Gasteiger partial charge in [-0.3, -0.25) is 0 Å². The predicted octanol–water partition coefficient (Wildman–Crippen LogP) is 3.99. The highest BCUT2D eigenvalue weighted by Gasteiger charge is 2.31. The van der Waals surface area contributed by atoms with Crippen LogP contribution in [0.2, 0.25) is 5.02 Å². The lowest BCUT2D eigenvalue weighted by Crippen LogP contribution is -2.35. The fourth-order valence-electron chi connectivity index (χ4n) is 1.64. The van der Waals surface area contributed by atoms with Crippen LogP contribution >= 0.6 is 11.6 Å². The van der Waals surface area contributed by atoms with Crippen LogP contribution in [-0.2, 0) is 0 Å². The van der Waals surface area contributed by atoms with Crippen molar-refractivity contribution in [3.63, 3.8) is 0 Å². The van der Waals surface area contributed by atoms with E-state index in [2.05, 4.69) is 0 Å². The molecule has 0 saturated carbocycles. The standard InChI is InChI=1S/C12H12ClF3N2/c1-2-5-18(8-12(14,15)16)11-4-3-10(13)6-9(11)7-17/h3-4,6H,2,5,8H2,1H3. The highest BCUT2D eigenvalue weighted by molar-refractivity contribution is 6.30. The number of hydrogen-bond donors (Lipinski definition) is 0. The molecule has 0 N–H and O–H groups in total. The van der Waals surface area contributed by atoms with Crippen molar-refractivity contribution in [1.82, 2.24) is 0 Å².